The topological polar surface area (TPSA) is 68.5 Å². The number of hydrogen-bond donors (Lipinski definition) is 0. The minimum Gasteiger partial charge on any atom is -0.494 e. The average Bonchev–Trinajstić information content (AvgIpc) is 3.37. The molecule has 1 amide bonds. The van der Waals surface area contributed by atoms with Gasteiger partial charge in [0.2, 0.25) is 17.6 Å². The zero-order chi connectivity index (χ0) is 18.9. The molecule has 0 fully saturated rings. The number of carbonyl (C=O) groups is 1. The highest BCUT2D eigenvalue weighted by Crippen LogP contribution is 2.21. The Balaban J connectivity index is 1.31. The fourth-order valence-corrected chi connectivity index (χ4v) is 3.23. The van der Waals surface area contributed by atoms with E-state index in [1.807, 2.05) is 54.9 Å². The number of hydrogen-bond acceptors (Lipinski definition) is 6. The molecule has 0 aliphatic rings. The van der Waals surface area contributed by atoms with Gasteiger partial charge < -0.3 is 14.2 Å². The van der Waals surface area contributed by atoms with Crippen molar-refractivity contribution < 1.29 is 14.1 Å². The maximum absolute atomic E-state index is 12.2. The maximum atomic E-state index is 12.2. The first-order valence-corrected chi connectivity index (χ1v) is 9.88. The van der Waals surface area contributed by atoms with E-state index < -0.39 is 0 Å². The Morgan fingerprint density at radius 2 is 2.04 bits per heavy atom. The van der Waals surface area contributed by atoms with Crippen LogP contribution in [0.5, 0.6) is 5.75 Å². The summed E-state index contributed by atoms with van der Waals surface area (Å²) >= 11 is 1.57. The minimum atomic E-state index is 0.118. The van der Waals surface area contributed by atoms with E-state index in [9.17, 15) is 4.79 Å². The van der Waals surface area contributed by atoms with Gasteiger partial charge in [-0.3, -0.25) is 4.79 Å². The van der Waals surface area contributed by atoms with E-state index in [0.717, 1.165) is 17.0 Å². The third-order valence-corrected chi connectivity index (χ3v) is 4.93. The van der Waals surface area contributed by atoms with Gasteiger partial charge in [-0.25, -0.2) is 0 Å². The van der Waals surface area contributed by atoms with E-state index in [2.05, 4.69) is 10.1 Å². The Morgan fingerprint density at radius 1 is 1.19 bits per heavy atom. The van der Waals surface area contributed by atoms with Gasteiger partial charge in [-0.05, 0) is 36.4 Å². The third kappa shape index (κ3) is 5.92. The molecule has 142 valence electrons. The number of carbonyl (C=O) groups excluding carboxylic acids is 1. The van der Waals surface area contributed by atoms with Gasteiger partial charge in [0, 0.05) is 26.4 Å². The van der Waals surface area contributed by atoms with Gasteiger partial charge >= 0.3 is 0 Å². The van der Waals surface area contributed by atoms with Crippen LogP contribution in [0.25, 0.3) is 10.7 Å². The second-order valence-electron chi connectivity index (χ2n) is 6.17. The quantitative estimate of drug-likeness (QED) is 0.493. The molecule has 0 saturated heterocycles. The van der Waals surface area contributed by atoms with Crippen LogP contribution < -0.4 is 4.74 Å². The van der Waals surface area contributed by atoms with Crippen molar-refractivity contribution in [1.82, 2.24) is 15.0 Å². The zero-order valence-corrected chi connectivity index (χ0v) is 16.2. The van der Waals surface area contributed by atoms with Crippen LogP contribution in [0, 0.1) is 0 Å². The number of para-hydroxylation sites is 1. The summed E-state index contributed by atoms with van der Waals surface area (Å²) in [6.07, 6.45) is 2.56. The predicted octanol–water partition coefficient (Wildman–Crippen LogP) is 4.05. The number of benzene rings is 1. The van der Waals surface area contributed by atoms with Gasteiger partial charge in [0.15, 0.2) is 0 Å². The average molecular weight is 385 g/mol. The molecule has 7 heteroatoms. The lowest BCUT2D eigenvalue weighted by Gasteiger charge is -2.17. The summed E-state index contributed by atoms with van der Waals surface area (Å²) in [5, 5.41) is 5.96. The van der Waals surface area contributed by atoms with Crippen molar-refractivity contribution in [2.24, 2.45) is 0 Å². The molecule has 0 bridgehead atoms. The molecule has 2 heterocycles. The van der Waals surface area contributed by atoms with E-state index in [1.54, 1.807) is 16.2 Å². The summed E-state index contributed by atoms with van der Waals surface area (Å²) in [5.74, 6) is 2.16. The van der Waals surface area contributed by atoms with E-state index >= 15 is 0 Å². The highest BCUT2D eigenvalue weighted by molar-refractivity contribution is 7.13. The first kappa shape index (κ1) is 19.1. The molecule has 0 saturated carbocycles. The van der Waals surface area contributed by atoms with Crippen LogP contribution in [0.4, 0.5) is 0 Å². The molecule has 3 rings (SSSR count). The van der Waals surface area contributed by atoms with Crippen LogP contribution in [0.2, 0.25) is 0 Å². The molecule has 0 aliphatic carbocycles. The summed E-state index contributed by atoms with van der Waals surface area (Å²) in [6, 6.07) is 13.6. The summed E-state index contributed by atoms with van der Waals surface area (Å²) in [5.41, 5.74) is 0. The van der Waals surface area contributed by atoms with Gasteiger partial charge in [-0.15, -0.1) is 11.3 Å². The molecule has 6 nitrogen and oxygen atoms in total. The summed E-state index contributed by atoms with van der Waals surface area (Å²) in [7, 11) is 1.83. The lowest BCUT2D eigenvalue weighted by Crippen LogP contribution is -2.28. The van der Waals surface area contributed by atoms with E-state index in [1.165, 1.54) is 0 Å². The number of nitrogens with zero attached hydrogens (tertiary/aromatic N) is 3. The number of amides is 1. The molecule has 2 aromatic heterocycles. The number of ether oxygens (including phenoxy) is 1. The van der Waals surface area contributed by atoms with Crippen LogP contribution in [-0.4, -0.2) is 41.1 Å². The molecule has 0 radical (unpaired) electrons. The first-order chi connectivity index (χ1) is 13.2. The van der Waals surface area contributed by atoms with Crippen molar-refractivity contribution in [3.63, 3.8) is 0 Å². The first-order valence-electron chi connectivity index (χ1n) is 9.00. The van der Waals surface area contributed by atoms with Crippen molar-refractivity contribution >= 4 is 17.2 Å². The highest BCUT2D eigenvalue weighted by atomic mass is 32.1. The van der Waals surface area contributed by atoms with Crippen molar-refractivity contribution in [3.05, 3.63) is 53.7 Å². The van der Waals surface area contributed by atoms with Crippen molar-refractivity contribution in [3.8, 4) is 16.5 Å². The van der Waals surface area contributed by atoms with Crippen molar-refractivity contribution in [1.29, 1.82) is 0 Å². The molecule has 0 atom stereocenters. The fraction of sp³-hybridized carbons (Fsp3) is 0.350. The normalized spacial score (nSPS) is 10.7. The van der Waals surface area contributed by atoms with Gasteiger partial charge in [-0.2, -0.15) is 4.98 Å². The Morgan fingerprint density at radius 3 is 2.81 bits per heavy atom. The smallest absolute Gasteiger partial charge is 0.226 e. The standard InChI is InChI=1S/C20H23N3O3S/c1-23(13-7-14-25-16-8-3-2-4-9-16)19(24)12-5-11-18-21-20(22-26-18)17-10-6-15-27-17/h2-4,6,8-10,15H,5,7,11-14H2,1H3. The molecular weight excluding hydrogens is 362 g/mol. The second kappa shape index (κ2) is 9.87. The summed E-state index contributed by atoms with van der Waals surface area (Å²) < 4.78 is 10.9. The number of aryl methyl sites for hydroxylation is 1. The third-order valence-electron chi connectivity index (χ3n) is 4.07. The molecule has 27 heavy (non-hydrogen) atoms. The molecule has 3 aromatic rings. The Labute approximate surface area is 162 Å². The molecule has 0 aliphatic heterocycles. The van der Waals surface area contributed by atoms with Crippen LogP contribution in [-0.2, 0) is 11.2 Å². The van der Waals surface area contributed by atoms with Crippen molar-refractivity contribution in [2.75, 3.05) is 20.2 Å². The summed E-state index contributed by atoms with van der Waals surface area (Å²) in [4.78, 5) is 19.3. The number of rotatable bonds is 10. The lowest BCUT2D eigenvalue weighted by atomic mass is 10.2. The molecular formula is C20H23N3O3S. The van der Waals surface area contributed by atoms with Crippen LogP contribution in [0.1, 0.15) is 25.2 Å². The Kier molecular flexibility index (Phi) is 6.98. The van der Waals surface area contributed by atoms with E-state index in [0.29, 0.717) is 44.1 Å². The van der Waals surface area contributed by atoms with Gasteiger partial charge in [0.1, 0.15) is 5.75 Å². The Bertz CT molecular complexity index is 818. The molecule has 0 unspecified atom stereocenters. The fourth-order valence-electron chi connectivity index (χ4n) is 2.58. The molecule has 1 aromatic carbocycles. The number of aromatic nitrogens is 2. The minimum absolute atomic E-state index is 0.118. The lowest BCUT2D eigenvalue weighted by molar-refractivity contribution is -0.130. The SMILES string of the molecule is CN(CCCOc1ccccc1)C(=O)CCCc1nc(-c2cccs2)no1. The number of thiophene rings is 1. The van der Waals surface area contributed by atoms with Gasteiger partial charge in [-0.1, -0.05) is 29.4 Å². The Hall–Kier alpha value is -2.67. The van der Waals surface area contributed by atoms with Gasteiger partial charge in [0.05, 0.1) is 11.5 Å². The largest absolute Gasteiger partial charge is 0.494 e. The predicted molar refractivity (Wildman–Crippen MR) is 105 cm³/mol. The maximum Gasteiger partial charge on any atom is 0.226 e. The van der Waals surface area contributed by atoms with Crippen molar-refractivity contribution in [2.45, 2.75) is 25.7 Å². The summed E-state index contributed by atoms with van der Waals surface area (Å²) in [6.45, 7) is 1.27. The van der Waals surface area contributed by atoms with E-state index in [4.69, 9.17) is 9.26 Å². The van der Waals surface area contributed by atoms with Gasteiger partial charge in [0.25, 0.3) is 0 Å². The molecule has 0 N–H and O–H groups in total. The zero-order valence-electron chi connectivity index (χ0n) is 15.3. The van der Waals surface area contributed by atoms with E-state index in [-0.39, 0.29) is 5.91 Å². The highest BCUT2D eigenvalue weighted by Gasteiger charge is 2.12. The monoisotopic (exact) mass is 385 g/mol. The molecule has 0 spiro atoms. The van der Waals surface area contributed by atoms with Crippen LogP contribution in [0.3, 0.4) is 0 Å². The second-order valence-corrected chi connectivity index (χ2v) is 7.12. The van der Waals surface area contributed by atoms with Crippen LogP contribution in [0.15, 0.2) is 52.4 Å². The van der Waals surface area contributed by atoms with Crippen LogP contribution >= 0.6 is 11.3 Å².